The van der Waals surface area contributed by atoms with Crippen molar-refractivity contribution < 1.29 is 14.7 Å². The van der Waals surface area contributed by atoms with E-state index in [1.165, 1.54) is 0 Å². The summed E-state index contributed by atoms with van der Waals surface area (Å²) >= 11 is 0. The van der Waals surface area contributed by atoms with E-state index in [-0.39, 0.29) is 17.7 Å². The van der Waals surface area contributed by atoms with Gasteiger partial charge in [0.2, 0.25) is 0 Å². The Morgan fingerprint density at radius 3 is 2.71 bits per heavy atom. The molecule has 1 aromatic rings. The summed E-state index contributed by atoms with van der Waals surface area (Å²) in [6.07, 6.45) is 1.48. The zero-order valence-corrected chi connectivity index (χ0v) is 9.51. The van der Waals surface area contributed by atoms with Gasteiger partial charge in [0.05, 0.1) is 11.7 Å². The van der Waals surface area contributed by atoms with E-state index >= 15 is 0 Å². The zero-order valence-electron chi connectivity index (χ0n) is 9.51. The molecule has 1 fully saturated rings. The molecule has 1 aromatic heterocycles. The molecule has 0 bridgehead atoms. The fourth-order valence-corrected chi connectivity index (χ4v) is 1.99. The highest BCUT2D eigenvalue weighted by Crippen LogP contribution is 2.34. The molecule has 2 rings (SSSR count). The standard InChI is InChI=1S/C12H14N2O3/c1-7-2-3-10(13-6-7)11(14-12(16)17)8-4-9(15)5-8/h2-3,6,8,11,14H,4-5H2,1H3,(H,16,17). The van der Waals surface area contributed by atoms with E-state index in [2.05, 4.69) is 10.3 Å². The highest BCUT2D eigenvalue weighted by atomic mass is 16.4. The molecule has 0 saturated heterocycles. The van der Waals surface area contributed by atoms with Crippen LogP contribution in [0.1, 0.15) is 30.1 Å². The predicted molar refractivity (Wildman–Crippen MR) is 60.6 cm³/mol. The lowest BCUT2D eigenvalue weighted by Gasteiger charge is -2.32. The number of aryl methyl sites for hydroxylation is 1. The van der Waals surface area contributed by atoms with Crippen LogP contribution >= 0.6 is 0 Å². The van der Waals surface area contributed by atoms with Gasteiger partial charge in [-0.25, -0.2) is 4.79 Å². The molecule has 0 aliphatic heterocycles. The lowest BCUT2D eigenvalue weighted by molar-refractivity contribution is -0.127. The van der Waals surface area contributed by atoms with Gasteiger partial charge in [0.1, 0.15) is 5.78 Å². The molecule has 1 heterocycles. The normalized spacial score (nSPS) is 17.4. The summed E-state index contributed by atoms with van der Waals surface area (Å²) in [6, 6.07) is 3.31. The van der Waals surface area contributed by atoms with Gasteiger partial charge in [0.25, 0.3) is 0 Å². The molecule has 0 aromatic carbocycles. The van der Waals surface area contributed by atoms with E-state index in [4.69, 9.17) is 5.11 Å². The average molecular weight is 234 g/mol. The third-order valence-corrected chi connectivity index (χ3v) is 2.98. The van der Waals surface area contributed by atoms with Crippen molar-refractivity contribution in [1.29, 1.82) is 0 Å². The van der Waals surface area contributed by atoms with Crippen molar-refractivity contribution in [3.63, 3.8) is 0 Å². The summed E-state index contributed by atoms with van der Waals surface area (Å²) in [5.41, 5.74) is 1.70. The molecule has 1 atom stereocenters. The molecule has 2 N–H and O–H groups in total. The van der Waals surface area contributed by atoms with Gasteiger partial charge in [0.15, 0.2) is 0 Å². The van der Waals surface area contributed by atoms with Crippen LogP contribution in [0.3, 0.4) is 0 Å². The van der Waals surface area contributed by atoms with Crippen LogP contribution in [0.25, 0.3) is 0 Å². The van der Waals surface area contributed by atoms with Crippen LogP contribution in [0.15, 0.2) is 18.3 Å². The maximum absolute atomic E-state index is 11.0. The van der Waals surface area contributed by atoms with Gasteiger partial charge < -0.3 is 10.4 Å². The average Bonchev–Trinajstić information content (AvgIpc) is 2.23. The van der Waals surface area contributed by atoms with Crippen LogP contribution in [-0.4, -0.2) is 22.0 Å². The highest BCUT2D eigenvalue weighted by molar-refractivity contribution is 5.85. The molecule has 1 saturated carbocycles. The van der Waals surface area contributed by atoms with E-state index in [0.29, 0.717) is 18.5 Å². The molecule has 1 aliphatic carbocycles. The molecule has 1 unspecified atom stereocenters. The Hall–Kier alpha value is -1.91. The summed E-state index contributed by atoms with van der Waals surface area (Å²) < 4.78 is 0. The number of rotatable bonds is 3. The Balaban J connectivity index is 2.17. The summed E-state index contributed by atoms with van der Waals surface area (Å²) in [5.74, 6) is 0.216. The first-order valence-electron chi connectivity index (χ1n) is 5.50. The summed E-state index contributed by atoms with van der Waals surface area (Å²) in [5, 5.41) is 11.3. The Bertz CT molecular complexity index is 434. The number of Topliss-reactive ketones (excluding diaryl/α,β-unsaturated/α-hetero) is 1. The Kier molecular flexibility index (Phi) is 3.08. The van der Waals surface area contributed by atoms with E-state index in [0.717, 1.165) is 5.56 Å². The molecule has 1 amide bonds. The number of nitrogens with one attached hydrogen (secondary N) is 1. The smallest absolute Gasteiger partial charge is 0.405 e. The second-order valence-corrected chi connectivity index (χ2v) is 4.39. The molecular weight excluding hydrogens is 220 g/mol. The predicted octanol–water partition coefficient (Wildman–Crippen LogP) is 1.68. The zero-order chi connectivity index (χ0) is 12.4. The first-order valence-corrected chi connectivity index (χ1v) is 5.50. The SMILES string of the molecule is Cc1ccc(C(NC(=O)O)C2CC(=O)C2)nc1. The Labute approximate surface area is 98.9 Å². The fourth-order valence-electron chi connectivity index (χ4n) is 1.99. The maximum atomic E-state index is 11.0. The number of nitrogens with zero attached hydrogens (tertiary/aromatic N) is 1. The van der Waals surface area contributed by atoms with Crippen LogP contribution < -0.4 is 5.32 Å². The number of hydrogen-bond acceptors (Lipinski definition) is 3. The molecule has 5 nitrogen and oxygen atoms in total. The first kappa shape index (κ1) is 11.6. The maximum Gasteiger partial charge on any atom is 0.405 e. The minimum atomic E-state index is -1.09. The minimum absolute atomic E-state index is 0.0359. The Morgan fingerprint density at radius 1 is 1.53 bits per heavy atom. The second-order valence-electron chi connectivity index (χ2n) is 4.39. The van der Waals surface area contributed by atoms with Crippen molar-refractivity contribution in [2.75, 3.05) is 0 Å². The van der Waals surface area contributed by atoms with Crippen molar-refractivity contribution in [1.82, 2.24) is 10.3 Å². The molecule has 0 radical (unpaired) electrons. The van der Waals surface area contributed by atoms with Crippen molar-refractivity contribution in [3.8, 4) is 0 Å². The molecule has 0 spiro atoms. The largest absolute Gasteiger partial charge is 0.465 e. The summed E-state index contributed by atoms with van der Waals surface area (Å²) in [7, 11) is 0. The quantitative estimate of drug-likeness (QED) is 0.833. The second kappa shape index (κ2) is 4.53. The van der Waals surface area contributed by atoms with Gasteiger partial charge in [-0.3, -0.25) is 9.78 Å². The van der Waals surface area contributed by atoms with Gasteiger partial charge in [-0.1, -0.05) is 6.07 Å². The minimum Gasteiger partial charge on any atom is -0.465 e. The van der Waals surface area contributed by atoms with E-state index in [1.54, 1.807) is 12.3 Å². The van der Waals surface area contributed by atoms with Gasteiger partial charge in [-0.15, -0.1) is 0 Å². The van der Waals surface area contributed by atoms with E-state index in [1.807, 2.05) is 13.0 Å². The van der Waals surface area contributed by atoms with Gasteiger partial charge >= 0.3 is 6.09 Å². The third-order valence-electron chi connectivity index (χ3n) is 2.98. The number of pyridine rings is 1. The number of ketones is 1. The van der Waals surface area contributed by atoms with Crippen LogP contribution in [0.4, 0.5) is 4.79 Å². The molecule has 90 valence electrons. The number of carbonyl (C=O) groups is 2. The van der Waals surface area contributed by atoms with Crippen LogP contribution in [0.2, 0.25) is 0 Å². The topological polar surface area (TPSA) is 79.3 Å². The molecule has 17 heavy (non-hydrogen) atoms. The van der Waals surface area contributed by atoms with Crippen LogP contribution in [0, 0.1) is 12.8 Å². The Morgan fingerprint density at radius 2 is 2.24 bits per heavy atom. The molecule has 1 aliphatic rings. The highest BCUT2D eigenvalue weighted by Gasteiger charge is 2.36. The summed E-state index contributed by atoms with van der Waals surface area (Å²) in [6.45, 7) is 1.92. The number of aromatic nitrogens is 1. The summed E-state index contributed by atoms with van der Waals surface area (Å²) in [4.78, 5) is 26.0. The van der Waals surface area contributed by atoms with Crippen LogP contribution in [-0.2, 0) is 4.79 Å². The van der Waals surface area contributed by atoms with E-state index < -0.39 is 6.09 Å². The van der Waals surface area contributed by atoms with Crippen molar-refractivity contribution >= 4 is 11.9 Å². The fraction of sp³-hybridized carbons (Fsp3) is 0.417. The monoisotopic (exact) mass is 234 g/mol. The van der Waals surface area contributed by atoms with Gasteiger partial charge in [-0.2, -0.15) is 0 Å². The number of carbonyl (C=O) groups excluding carboxylic acids is 1. The van der Waals surface area contributed by atoms with Gasteiger partial charge in [0, 0.05) is 19.0 Å². The number of hydrogen-bond donors (Lipinski definition) is 2. The first-order chi connectivity index (χ1) is 8.06. The molecular formula is C12H14N2O3. The number of amides is 1. The van der Waals surface area contributed by atoms with E-state index in [9.17, 15) is 9.59 Å². The van der Waals surface area contributed by atoms with Crippen molar-refractivity contribution in [2.45, 2.75) is 25.8 Å². The van der Waals surface area contributed by atoms with Gasteiger partial charge in [-0.05, 0) is 24.5 Å². The van der Waals surface area contributed by atoms with Crippen molar-refractivity contribution in [2.24, 2.45) is 5.92 Å². The number of carboxylic acid groups (broad SMARTS) is 1. The lowest BCUT2D eigenvalue weighted by atomic mass is 9.77. The van der Waals surface area contributed by atoms with Crippen molar-refractivity contribution in [3.05, 3.63) is 29.6 Å². The molecule has 5 heteroatoms. The van der Waals surface area contributed by atoms with Crippen LogP contribution in [0.5, 0.6) is 0 Å². The lowest BCUT2D eigenvalue weighted by Crippen LogP contribution is -2.39. The third kappa shape index (κ3) is 2.61.